The van der Waals surface area contributed by atoms with Crippen molar-refractivity contribution in [3.63, 3.8) is 0 Å². The number of aryl methyl sites for hydroxylation is 1. The number of hydrogen-bond acceptors (Lipinski definition) is 4. The van der Waals surface area contributed by atoms with Gasteiger partial charge in [0.15, 0.2) is 0 Å². The van der Waals surface area contributed by atoms with Crippen molar-refractivity contribution in [2.24, 2.45) is 11.8 Å². The monoisotopic (exact) mass is 371 g/mol. The molecule has 0 spiro atoms. The fourth-order valence-corrected chi connectivity index (χ4v) is 4.83. The van der Waals surface area contributed by atoms with Crippen LogP contribution >= 0.6 is 11.3 Å². The van der Waals surface area contributed by atoms with Gasteiger partial charge in [-0.25, -0.2) is 4.98 Å². The molecule has 2 N–H and O–H groups in total. The van der Waals surface area contributed by atoms with E-state index in [1.165, 1.54) is 12.8 Å². The summed E-state index contributed by atoms with van der Waals surface area (Å²) < 4.78 is 0. The fourth-order valence-electron chi connectivity index (χ4n) is 3.75. The number of aromatic nitrogens is 1. The lowest BCUT2D eigenvalue weighted by Crippen LogP contribution is -2.34. The van der Waals surface area contributed by atoms with E-state index >= 15 is 0 Å². The predicted octanol–water partition coefficient (Wildman–Crippen LogP) is 4.32. The molecular formula is C21H29N3OS. The molecule has 1 aromatic heterocycles. The lowest BCUT2D eigenvalue weighted by Gasteiger charge is -2.28. The molecule has 2 unspecified atom stereocenters. The van der Waals surface area contributed by atoms with Gasteiger partial charge < -0.3 is 10.6 Å². The van der Waals surface area contributed by atoms with E-state index in [1.54, 1.807) is 11.3 Å². The van der Waals surface area contributed by atoms with Crippen molar-refractivity contribution in [1.82, 2.24) is 15.6 Å². The maximum Gasteiger partial charge on any atom is 0.220 e. The molecule has 2 heterocycles. The molecule has 0 aliphatic carbocycles. The first-order valence-corrected chi connectivity index (χ1v) is 10.4. The Hall–Kier alpha value is -1.72. The van der Waals surface area contributed by atoms with Gasteiger partial charge in [0.1, 0.15) is 5.01 Å². The average Bonchev–Trinajstić information content (AvgIpc) is 3.05. The second-order valence-corrected chi connectivity index (χ2v) is 8.42. The highest BCUT2D eigenvalue weighted by Gasteiger charge is 2.23. The third kappa shape index (κ3) is 4.71. The quantitative estimate of drug-likeness (QED) is 0.795. The SMILES string of the molecule is Cc1nc(-c2ccccc2)sc1C(C)NC(=O)CC(C)C1CCNCC1. The van der Waals surface area contributed by atoms with Gasteiger partial charge in [-0.2, -0.15) is 0 Å². The second kappa shape index (κ2) is 8.78. The molecule has 1 fully saturated rings. The van der Waals surface area contributed by atoms with Crippen LogP contribution in [0.25, 0.3) is 10.6 Å². The maximum absolute atomic E-state index is 12.5. The molecule has 5 heteroatoms. The molecule has 1 amide bonds. The highest BCUT2D eigenvalue weighted by Crippen LogP contribution is 2.32. The third-order valence-electron chi connectivity index (χ3n) is 5.32. The van der Waals surface area contributed by atoms with E-state index in [9.17, 15) is 4.79 Å². The third-order valence-corrected chi connectivity index (χ3v) is 6.71. The van der Waals surface area contributed by atoms with Crippen LogP contribution in [0.5, 0.6) is 0 Å². The molecule has 1 aromatic carbocycles. The first-order chi connectivity index (χ1) is 12.5. The fraction of sp³-hybridized carbons (Fsp3) is 0.524. The minimum absolute atomic E-state index is 0.00214. The van der Waals surface area contributed by atoms with Crippen LogP contribution in [0, 0.1) is 18.8 Å². The Morgan fingerprint density at radius 2 is 1.96 bits per heavy atom. The van der Waals surface area contributed by atoms with E-state index in [0.29, 0.717) is 18.3 Å². The number of hydrogen-bond donors (Lipinski definition) is 2. The lowest BCUT2D eigenvalue weighted by molar-refractivity contribution is -0.123. The maximum atomic E-state index is 12.5. The number of carbonyl (C=O) groups is 1. The van der Waals surface area contributed by atoms with Crippen LogP contribution in [-0.2, 0) is 4.79 Å². The van der Waals surface area contributed by atoms with Gasteiger partial charge in [0, 0.05) is 12.0 Å². The minimum Gasteiger partial charge on any atom is -0.349 e. The summed E-state index contributed by atoms with van der Waals surface area (Å²) in [7, 11) is 0. The van der Waals surface area contributed by atoms with Crippen molar-refractivity contribution in [2.45, 2.75) is 46.1 Å². The van der Waals surface area contributed by atoms with E-state index in [2.05, 4.69) is 36.6 Å². The molecule has 2 atom stereocenters. The Kier molecular flexibility index (Phi) is 6.43. The van der Waals surface area contributed by atoms with Crippen LogP contribution in [0.2, 0.25) is 0 Å². The molecule has 3 rings (SSSR count). The van der Waals surface area contributed by atoms with Crippen LogP contribution in [-0.4, -0.2) is 24.0 Å². The van der Waals surface area contributed by atoms with Crippen LogP contribution in [0.4, 0.5) is 0 Å². The van der Waals surface area contributed by atoms with E-state index in [0.717, 1.165) is 34.2 Å². The van der Waals surface area contributed by atoms with Gasteiger partial charge in [-0.15, -0.1) is 11.3 Å². The Morgan fingerprint density at radius 1 is 1.27 bits per heavy atom. The van der Waals surface area contributed by atoms with E-state index in [4.69, 9.17) is 4.98 Å². The molecule has 4 nitrogen and oxygen atoms in total. The molecule has 0 radical (unpaired) electrons. The van der Waals surface area contributed by atoms with E-state index < -0.39 is 0 Å². The smallest absolute Gasteiger partial charge is 0.220 e. The summed E-state index contributed by atoms with van der Waals surface area (Å²) in [5.74, 6) is 1.25. The largest absolute Gasteiger partial charge is 0.349 e. The van der Waals surface area contributed by atoms with Gasteiger partial charge in [-0.05, 0) is 51.6 Å². The van der Waals surface area contributed by atoms with Gasteiger partial charge in [-0.1, -0.05) is 37.3 Å². The topological polar surface area (TPSA) is 54.0 Å². The van der Waals surface area contributed by atoms with Crippen LogP contribution < -0.4 is 10.6 Å². The zero-order chi connectivity index (χ0) is 18.5. The average molecular weight is 372 g/mol. The number of amides is 1. The molecule has 1 aliphatic rings. The zero-order valence-electron chi connectivity index (χ0n) is 15.9. The van der Waals surface area contributed by atoms with Gasteiger partial charge in [0.25, 0.3) is 0 Å². The minimum atomic E-state index is -0.00214. The Balaban J connectivity index is 1.60. The number of carbonyl (C=O) groups excluding carboxylic acids is 1. The number of thiazole rings is 1. The van der Waals surface area contributed by atoms with Crippen molar-refractivity contribution < 1.29 is 4.79 Å². The van der Waals surface area contributed by atoms with Gasteiger partial charge in [0.2, 0.25) is 5.91 Å². The molecule has 1 aliphatic heterocycles. The van der Waals surface area contributed by atoms with Gasteiger partial charge in [-0.3, -0.25) is 4.79 Å². The number of piperidine rings is 1. The predicted molar refractivity (Wildman–Crippen MR) is 108 cm³/mol. The number of nitrogens with one attached hydrogen (secondary N) is 2. The summed E-state index contributed by atoms with van der Waals surface area (Å²) in [6.07, 6.45) is 2.97. The highest BCUT2D eigenvalue weighted by atomic mass is 32.1. The molecule has 2 aromatic rings. The first-order valence-electron chi connectivity index (χ1n) is 9.57. The summed E-state index contributed by atoms with van der Waals surface area (Å²) in [5, 5.41) is 7.60. The first kappa shape index (κ1) is 19.1. The van der Waals surface area contributed by atoms with Crippen molar-refractivity contribution >= 4 is 17.2 Å². The molecule has 140 valence electrons. The summed E-state index contributed by atoms with van der Waals surface area (Å²) in [6.45, 7) is 8.46. The standard InChI is InChI=1S/C21H29N3OS/c1-14(17-9-11-22-12-10-17)13-19(25)23-15(2)20-16(3)24-21(26-20)18-7-5-4-6-8-18/h4-8,14-15,17,22H,9-13H2,1-3H3,(H,23,25). The highest BCUT2D eigenvalue weighted by molar-refractivity contribution is 7.15. The summed E-state index contributed by atoms with van der Waals surface area (Å²) >= 11 is 1.68. The summed E-state index contributed by atoms with van der Waals surface area (Å²) in [5.41, 5.74) is 2.14. The van der Waals surface area contributed by atoms with Crippen molar-refractivity contribution in [3.8, 4) is 10.6 Å². The Labute approximate surface area is 160 Å². The number of benzene rings is 1. The second-order valence-electron chi connectivity index (χ2n) is 7.39. The number of rotatable bonds is 6. The molecule has 0 saturated carbocycles. The lowest BCUT2D eigenvalue weighted by atomic mass is 9.84. The number of nitrogens with zero attached hydrogens (tertiary/aromatic N) is 1. The Bertz CT molecular complexity index is 722. The van der Waals surface area contributed by atoms with Crippen LogP contribution in [0.1, 0.15) is 49.7 Å². The van der Waals surface area contributed by atoms with Crippen LogP contribution in [0.15, 0.2) is 30.3 Å². The van der Waals surface area contributed by atoms with Crippen molar-refractivity contribution in [1.29, 1.82) is 0 Å². The van der Waals surface area contributed by atoms with Crippen molar-refractivity contribution in [3.05, 3.63) is 40.9 Å². The van der Waals surface area contributed by atoms with Gasteiger partial charge in [0.05, 0.1) is 16.6 Å². The molecule has 0 bridgehead atoms. The summed E-state index contributed by atoms with van der Waals surface area (Å²) in [4.78, 5) is 18.4. The van der Waals surface area contributed by atoms with E-state index in [1.807, 2.05) is 25.1 Å². The Morgan fingerprint density at radius 3 is 2.65 bits per heavy atom. The van der Waals surface area contributed by atoms with Crippen LogP contribution in [0.3, 0.4) is 0 Å². The molecule has 1 saturated heterocycles. The van der Waals surface area contributed by atoms with E-state index in [-0.39, 0.29) is 11.9 Å². The van der Waals surface area contributed by atoms with Gasteiger partial charge >= 0.3 is 0 Å². The zero-order valence-corrected chi connectivity index (χ0v) is 16.7. The normalized spacial score (nSPS) is 17.7. The molecular weight excluding hydrogens is 342 g/mol. The van der Waals surface area contributed by atoms with Crippen molar-refractivity contribution in [2.75, 3.05) is 13.1 Å². The summed E-state index contributed by atoms with van der Waals surface area (Å²) in [6, 6.07) is 10.2. The molecule has 26 heavy (non-hydrogen) atoms.